The Morgan fingerprint density at radius 1 is 1.78 bits per heavy atom. The number of alkyl halides is 1. The molecule has 0 radical (unpaired) electrons. The van der Waals surface area contributed by atoms with Crippen LogP contribution in [0.15, 0.2) is 0 Å². The van der Waals surface area contributed by atoms with Crippen LogP contribution in [0.4, 0.5) is 4.79 Å². The van der Waals surface area contributed by atoms with E-state index in [0.717, 1.165) is 17.3 Å². The molecule has 1 saturated carbocycles. The van der Waals surface area contributed by atoms with E-state index in [0.29, 0.717) is 0 Å². The van der Waals surface area contributed by atoms with Gasteiger partial charge in [0.15, 0.2) is 0 Å². The van der Waals surface area contributed by atoms with Crippen molar-refractivity contribution in [3.8, 4) is 0 Å². The summed E-state index contributed by atoms with van der Waals surface area (Å²) in [5.74, 6) is 0. The molecule has 1 fully saturated rings. The maximum atomic E-state index is 10.1. The van der Waals surface area contributed by atoms with E-state index in [1.165, 1.54) is 0 Å². The van der Waals surface area contributed by atoms with Crippen molar-refractivity contribution in [2.24, 2.45) is 0 Å². The molecule has 0 aromatic carbocycles. The molecule has 52 valence electrons. The van der Waals surface area contributed by atoms with Gasteiger partial charge in [-0.05, 0) is 12.8 Å². The van der Waals surface area contributed by atoms with Crippen molar-refractivity contribution in [1.82, 2.24) is 5.32 Å². The number of rotatable bonds is 2. The summed E-state index contributed by atoms with van der Waals surface area (Å²) in [6, 6.07) is 0. The quantitative estimate of drug-likeness (QED) is 0.564. The van der Waals surface area contributed by atoms with Crippen molar-refractivity contribution in [2.75, 3.05) is 4.43 Å². The fourth-order valence-electron chi connectivity index (χ4n) is 0.670. The maximum Gasteiger partial charge on any atom is 0.405 e. The van der Waals surface area contributed by atoms with E-state index >= 15 is 0 Å². The van der Waals surface area contributed by atoms with Gasteiger partial charge in [-0.25, -0.2) is 4.79 Å². The van der Waals surface area contributed by atoms with Gasteiger partial charge in [0, 0.05) is 4.43 Å². The summed E-state index contributed by atoms with van der Waals surface area (Å²) in [4.78, 5) is 10.1. The first-order chi connectivity index (χ1) is 4.18. The SMILES string of the molecule is O=C(O)NC1(CI)CC1. The lowest BCUT2D eigenvalue weighted by molar-refractivity contribution is 0.190. The molecule has 0 bridgehead atoms. The molecular weight excluding hydrogens is 233 g/mol. The Bertz CT molecular complexity index is 133. The second kappa shape index (κ2) is 2.32. The molecular formula is C5H8INO2. The topological polar surface area (TPSA) is 49.3 Å². The van der Waals surface area contributed by atoms with Crippen LogP contribution in [0.1, 0.15) is 12.8 Å². The first-order valence-electron chi connectivity index (χ1n) is 2.76. The van der Waals surface area contributed by atoms with Crippen LogP contribution >= 0.6 is 22.6 Å². The van der Waals surface area contributed by atoms with Gasteiger partial charge in [0.2, 0.25) is 0 Å². The van der Waals surface area contributed by atoms with Gasteiger partial charge in [0.1, 0.15) is 0 Å². The maximum absolute atomic E-state index is 10.1. The van der Waals surface area contributed by atoms with Gasteiger partial charge in [0.25, 0.3) is 0 Å². The van der Waals surface area contributed by atoms with Crippen LogP contribution in [0.2, 0.25) is 0 Å². The molecule has 1 rings (SSSR count). The zero-order valence-corrected chi connectivity index (χ0v) is 7.01. The number of nitrogens with one attached hydrogen (secondary N) is 1. The van der Waals surface area contributed by atoms with Crippen molar-refractivity contribution in [2.45, 2.75) is 18.4 Å². The van der Waals surface area contributed by atoms with Gasteiger partial charge in [0.05, 0.1) is 5.54 Å². The predicted molar refractivity (Wildman–Crippen MR) is 42.0 cm³/mol. The van der Waals surface area contributed by atoms with Gasteiger partial charge in [-0.1, -0.05) is 22.6 Å². The number of carbonyl (C=O) groups is 1. The third-order valence-electron chi connectivity index (χ3n) is 1.48. The average molecular weight is 241 g/mol. The molecule has 0 aromatic rings. The monoisotopic (exact) mass is 241 g/mol. The lowest BCUT2D eigenvalue weighted by Crippen LogP contribution is -2.36. The Balaban J connectivity index is 2.33. The van der Waals surface area contributed by atoms with Gasteiger partial charge in [-0.2, -0.15) is 0 Å². The van der Waals surface area contributed by atoms with Crippen molar-refractivity contribution < 1.29 is 9.90 Å². The second-order valence-corrected chi connectivity index (χ2v) is 3.11. The molecule has 0 unspecified atom stereocenters. The van der Waals surface area contributed by atoms with Crippen molar-refractivity contribution in [3.63, 3.8) is 0 Å². The Hall–Kier alpha value is 0. The largest absolute Gasteiger partial charge is 0.465 e. The van der Waals surface area contributed by atoms with Gasteiger partial charge >= 0.3 is 6.09 Å². The zero-order valence-electron chi connectivity index (χ0n) is 4.85. The molecule has 1 aliphatic carbocycles. The third kappa shape index (κ3) is 1.70. The van der Waals surface area contributed by atoms with Crippen LogP contribution in [0.25, 0.3) is 0 Å². The summed E-state index contributed by atoms with van der Waals surface area (Å²) in [6.45, 7) is 0. The van der Waals surface area contributed by atoms with Gasteiger partial charge in [-0.15, -0.1) is 0 Å². The minimum absolute atomic E-state index is 0.0492. The van der Waals surface area contributed by atoms with Crippen LogP contribution in [-0.2, 0) is 0 Å². The van der Waals surface area contributed by atoms with E-state index in [-0.39, 0.29) is 5.54 Å². The molecule has 0 atom stereocenters. The Kier molecular flexibility index (Phi) is 1.83. The highest BCUT2D eigenvalue weighted by Crippen LogP contribution is 2.36. The molecule has 2 N–H and O–H groups in total. The first kappa shape index (κ1) is 7.11. The van der Waals surface area contributed by atoms with E-state index in [1.807, 2.05) is 0 Å². The van der Waals surface area contributed by atoms with Crippen molar-refractivity contribution in [3.05, 3.63) is 0 Å². The minimum Gasteiger partial charge on any atom is -0.465 e. The highest BCUT2D eigenvalue weighted by molar-refractivity contribution is 14.1. The molecule has 0 aromatic heterocycles. The molecule has 0 spiro atoms. The molecule has 1 aliphatic rings. The molecule has 0 heterocycles. The molecule has 9 heavy (non-hydrogen) atoms. The summed E-state index contributed by atoms with van der Waals surface area (Å²) < 4.78 is 0.886. The van der Waals surface area contributed by atoms with Crippen LogP contribution in [0.3, 0.4) is 0 Å². The first-order valence-corrected chi connectivity index (χ1v) is 4.28. The predicted octanol–water partition coefficient (Wildman–Crippen LogP) is 1.22. The van der Waals surface area contributed by atoms with Crippen LogP contribution in [-0.4, -0.2) is 21.2 Å². The standard InChI is InChI=1S/C5H8INO2/c6-3-5(1-2-5)7-4(8)9/h7H,1-3H2,(H,8,9). The van der Waals surface area contributed by atoms with Crippen LogP contribution in [0.5, 0.6) is 0 Å². The van der Waals surface area contributed by atoms with Crippen molar-refractivity contribution in [1.29, 1.82) is 0 Å². The average Bonchev–Trinajstić information content (AvgIpc) is 2.48. The van der Waals surface area contributed by atoms with E-state index in [9.17, 15) is 4.79 Å². The number of amides is 1. The molecule has 1 amide bonds. The Labute approximate surface area is 67.0 Å². The molecule has 4 heteroatoms. The fourth-order valence-corrected chi connectivity index (χ4v) is 1.62. The van der Waals surface area contributed by atoms with E-state index in [1.54, 1.807) is 0 Å². The number of hydrogen-bond donors (Lipinski definition) is 2. The van der Waals surface area contributed by atoms with Crippen LogP contribution in [0, 0.1) is 0 Å². The van der Waals surface area contributed by atoms with Crippen LogP contribution < -0.4 is 5.32 Å². The fraction of sp³-hybridized carbons (Fsp3) is 0.800. The Morgan fingerprint density at radius 3 is 2.44 bits per heavy atom. The van der Waals surface area contributed by atoms with Crippen molar-refractivity contribution >= 4 is 28.7 Å². The summed E-state index contributed by atoms with van der Waals surface area (Å²) in [5, 5.41) is 10.8. The summed E-state index contributed by atoms with van der Waals surface area (Å²) in [5.41, 5.74) is -0.0492. The third-order valence-corrected chi connectivity index (χ3v) is 2.94. The number of halogens is 1. The number of hydrogen-bond acceptors (Lipinski definition) is 1. The Morgan fingerprint density at radius 2 is 2.33 bits per heavy atom. The molecule has 3 nitrogen and oxygen atoms in total. The minimum atomic E-state index is -0.899. The molecule has 0 saturated heterocycles. The lowest BCUT2D eigenvalue weighted by Gasteiger charge is -2.09. The van der Waals surface area contributed by atoms with E-state index in [2.05, 4.69) is 27.9 Å². The molecule has 0 aliphatic heterocycles. The second-order valence-electron chi connectivity index (χ2n) is 2.34. The summed E-state index contributed by atoms with van der Waals surface area (Å²) >= 11 is 2.20. The van der Waals surface area contributed by atoms with Gasteiger partial charge in [-0.3, -0.25) is 0 Å². The van der Waals surface area contributed by atoms with E-state index < -0.39 is 6.09 Å². The van der Waals surface area contributed by atoms with Gasteiger partial charge < -0.3 is 10.4 Å². The van der Waals surface area contributed by atoms with E-state index in [4.69, 9.17) is 5.11 Å². The summed E-state index contributed by atoms with van der Waals surface area (Å²) in [7, 11) is 0. The number of carboxylic acid groups (broad SMARTS) is 1. The highest BCUT2D eigenvalue weighted by Gasteiger charge is 2.42. The smallest absolute Gasteiger partial charge is 0.405 e. The summed E-state index contributed by atoms with van der Waals surface area (Å²) in [6.07, 6.45) is 1.11. The normalized spacial score (nSPS) is 21.0. The highest BCUT2D eigenvalue weighted by atomic mass is 127. The lowest BCUT2D eigenvalue weighted by atomic mass is 10.3. The zero-order chi connectivity index (χ0) is 6.91.